The summed E-state index contributed by atoms with van der Waals surface area (Å²) in [7, 11) is 1.81. The predicted octanol–water partition coefficient (Wildman–Crippen LogP) is 2.54. The average Bonchev–Trinajstić information content (AvgIpc) is 3.16. The van der Waals surface area contributed by atoms with Crippen LogP contribution >= 0.6 is 0 Å². The number of hydrogen-bond acceptors (Lipinski definition) is 7. The van der Waals surface area contributed by atoms with Crippen LogP contribution < -0.4 is 10.5 Å². The molecule has 0 spiro atoms. The van der Waals surface area contributed by atoms with Crippen LogP contribution in [0.25, 0.3) is 22.0 Å². The van der Waals surface area contributed by atoms with Gasteiger partial charge in [-0.2, -0.15) is 0 Å². The molecule has 1 fully saturated rings. The molecule has 2 aromatic heterocycles. The van der Waals surface area contributed by atoms with Crippen LogP contribution in [-0.2, 0) is 7.05 Å². The molecule has 2 aromatic carbocycles. The third-order valence-electron chi connectivity index (χ3n) is 7.46. The SMILES string of the molecule is Cc1cccc(C(C)n2c3cc(-c4cnc(N5CCN(C(O)CO)[C@H](C)C5)nc4)ccc3c(=O)n2C)c1. The van der Waals surface area contributed by atoms with Crippen molar-refractivity contribution in [2.24, 2.45) is 7.05 Å². The number of aliphatic hydroxyl groups is 2. The number of anilines is 1. The van der Waals surface area contributed by atoms with Gasteiger partial charge in [-0.05, 0) is 44.0 Å². The van der Waals surface area contributed by atoms with E-state index in [9.17, 15) is 15.0 Å². The summed E-state index contributed by atoms with van der Waals surface area (Å²) in [6, 6.07) is 14.3. The van der Waals surface area contributed by atoms with Gasteiger partial charge < -0.3 is 15.1 Å². The first kappa shape index (κ1) is 25.1. The molecule has 0 saturated carbocycles. The minimum atomic E-state index is -0.848. The first-order chi connectivity index (χ1) is 17.8. The van der Waals surface area contributed by atoms with Crippen molar-refractivity contribution < 1.29 is 10.2 Å². The Morgan fingerprint density at radius 1 is 1.08 bits per heavy atom. The predicted molar refractivity (Wildman–Crippen MR) is 145 cm³/mol. The lowest BCUT2D eigenvalue weighted by molar-refractivity contribution is -0.0575. The molecule has 9 heteroatoms. The topological polar surface area (TPSA) is 99.7 Å². The van der Waals surface area contributed by atoms with Crippen LogP contribution in [0.1, 0.15) is 31.0 Å². The molecular weight excluding hydrogens is 468 g/mol. The maximum absolute atomic E-state index is 13.0. The minimum absolute atomic E-state index is 0.0195. The average molecular weight is 503 g/mol. The molecule has 2 N–H and O–H groups in total. The second-order valence-electron chi connectivity index (χ2n) is 9.96. The van der Waals surface area contributed by atoms with Gasteiger partial charge in [-0.1, -0.05) is 35.9 Å². The maximum atomic E-state index is 13.0. The normalized spacial score (nSPS) is 18.3. The summed E-state index contributed by atoms with van der Waals surface area (Å²) in [5.74, 6) is 0.638. The van der Waals surface area contributed by atoms with Gasteiger partial charge in [0, 0.05) is 50.7 Å². The van der Waals surface area contributed by atoms with Gasteiger partial charge in [-0.25, -0.2) is 9.97 Å². The quantitative estimate of drug-likeness (QED) is 0.418. The van der Waals surface area contributed by atoms with Gasteiger partial charge in [0.05, 0.1) is 23.6 Å². The molecule has 4 aromatic rings. The number of aryl methyl sites for hydroxylation is 1. The third-order valence-corrected chi connectivity index (χ3v) is 7.46. The summed E-state index contributed by atoms with van der Waals surface area (Å²) in [4.78, 5) is 26.3. The molecule has 9 nitrogen and oxygen atoms in total. The van der Waals surface area contributed by atoms with E-state index in [1.165, 1.54) is 5.56 Å². The second-order valence-corrected chi connectivity index (χ2v) is 9.96. The number of piperazine rings is 1. The van der Waals surface area contributed by atoms with Gasteiger partial charge >= 0.3 is 0 Å². The van der Waals surface area contributed by atoms with Crippen LogP contribution in [0.3, 0.4) is 0 Å². The Hall–Kier alpha value is -3.53. The lowest BCUT2D eigenvalue weighted by Gasteiger charge is -2.41. The fourth-order valence-corrected chi connectivity index (χ4v) is 5.39. The van der Waals surface area contributed by atoms with E-state index in [-0.39, 0.29) is 24.2 Å². The van der Waals surface area contributed by atoms with Gasteiger partial charge in [0.25, 0.3) is 5.56 Å². The molecule has 0 aliphatic carbocycles. The zero-order valence-electron chi connectivity index (χ0n) is 21.7. The summed E-state index contributed by atoms with van der Waals surface area (Å²) in [6.07, 6.45) is 2.79. The number of hydrogen-bond donors (Lipinski definition) is 2. The summed E-state index contributed by atoms with van der Waals surface area (Å²) < 4.78 is 3.74. The van der Waals surface area contributed by atoms with Crippen LogP contribution in [-0.4, -0.2) is 73.0 Å². The maximum Gasteiger partial charge on any atom is 0.274 e. The van der Waals surface area contributed by atoms with E-state index < -0.39 is 6.23 Å². The van der Waals surface area contributed by atoms with E-state index in [1.807, 2.05) is 60.2 Å². The number of aromatic nitrogens is 4. The Bertz CT molecular complexity index is 1460. The molecule has 3 atom stereocenters. The molecule has 0 radical (unpaired) electrons. The van der Waals surface area contributed by atoms with Crippen LogP contribution in [0.5, 0.6) is 0 Å². The highest BCUT2D eigenvalue weighted by Crippen LogP contribution is 2.28. The van der Waals surface area contributed by atoms with E-state index in [1.54, 1.807) is 4.68 Å². The van der Waals surface area contributed by atoms with Gasteiger partial charge in [0.1, 0.15) is 6.23 Å². The van der Waals surface area contributed by atoms with E-state index in [4.69, 9.17) is 0 Å². The molecule has 194 valence electrons. The standard InChI is InChI=1S/C28H34N6O3/c1-18-6-5-7-21(12-18)20(3)34-25-13-22(8-9-24(25)27(37)31(34)4)23-14-29-28(30-15-23)32-10-11-33(19(2)16-32)26(36)17-35/h5-9,12-15,19-20,26,35-36H,10-11,16-17H2,1-4H3/t19-,20?,26?/m1/s1. The molecule has 1 aliphatic heterocycles. The van der Waals surface area contributed by atoms with Crippen molar-refractivity contribution in [3.63, 3.8) is 0 Å². The summed E-state index contributed by atoms with van der Waals surface area (Å²) in [5.41, 5.74) is 5.00. The molecule has 0 amide bonds. The van der Waals surface area contributed by atoms with Crippen LogP contribution in [0.4, 0.5) is 5.95 Å². The van der Waals surface area contributed by atoms with Crippen LogP contribution in [0, 0.1) is 6.92 Å². The molecule has 3 heterocycles. The molecule has 5 rings (SSSR count). The molecule has 1 saturated heterocycles. The first-order valence-corrected chi connectivity index (χ1v) is 12.7. The van der Waals surface area contributed by atoms with Crippen molar-refractivity contribution in [2.45, 2.75) is 39.1 Å². The van der Waals surface area contributed by atoms with E-state index >= 15 is 0 Å². The monoisotopic (exact) mass is 502 g/mol. The minimum Gasteiger partial charge on any atom is -0.392 e. The highest BCUT2D eigenvalue weighted by Gasteiger charge is 2.29. The summed E-state index contributed by atoms with van der Waals surface area (Å²) in [6.45, 7) is 7.87. The Morgan fingerprint density at radius 3 is 2.51 bits per heavy atom. The van der Waals surface area contributed by atoms with Crippen molar-refractivity contribution in [2.75, 3.05) is 31.1 Å². The fraction of sp³-hybridized carbons (Fsp3) is 0.393. The number of aliphatic hydroxyl groups excluding tert-OH is 2. The lowest BCUT2D eigenvalue weighted by Crippen LogP contribution is -2.56. The van der Waals surface area contributed by atoms with Gasteiger partial charge in [0.2, 0.25) is 5.95 Å². The highest BCUT2D eigenvalue weighted by molar-refractivity contribution is 5.84. The fourth-order valence-electron chi connectivity index (χ4n) is 5.39. The van der Waals surface area contributed by atoms with Crippen molar-refractivity contribution in [3.05, 3.63) is 76.3 Å². The highest BCUT2D eigenvalue weighted by atomic mass is 16.3. The zero-order valence-corrected chi connectivity index (χ0v) is 21.7. The molecule has 2 unspecified atom stereocenters. The van der Waals surface area contributed by atoms with Crippen molar-refractivity contribution in [1.29, 1.82) is 0 Å². The molecule has 37 heavy (non-hydrogen) atoms. The number of benzene rings is 2. The van der Waals surface area contributed by atoms with E-state index in [0.717, 1.165) is 22.2 Å². The van der Waals surface area contributed by atoms with Crippen molar-refractivity contribution in [1.82, 2.24) is 24.2 Å². The number of nitrogens with zero attached hydrogens (tertiary/aromatic N) is 6. The van der Waals surface area contributed by atoms with Crippen molar-refractivity contribution in [3.8, 4) is 11.1 Å². The van der Waals surface area contributed by atoms with Crippen LogP contribution in [0.2, 0.25) is 0 Å². The van der Waals surface area contributed by atoms with E-state index in [2.05, 4.69) is 46.9 Å². The lowest BCUT2D eigenvalue weighted by atomic mass is 10.0. The van der Waals surface area contributed by atoms with Gasteiger partial charge in [0.15, 0.2) is 0 Å². The van der Waals surface area contributed by atoms with Gasteiger partial charge in [-0.3, -0.25) is 19.1 Å². The first-order valence-electron chi connectivity index (χ1n) is 12.7. The Morgan fingerprint density at radius 2 is 1.84 bits per heavy atom. The third kappa shape index (κ3) is 4.66. The smallest absolute Gasteiger partial charge is 0.274 e. The number of fused-ring (bicyclic) bond motifs is 1. The van der Waals surface area contributed by atoms with Gasteiger partial charge in [-0.15, -0.1) is 0 Å². The van der Waals surface area contributed by atoms with E-state index in [0.29, 0.717) is 31.0 Å². The molecule has 0 bridgehead atoms. The number of rotatable bonds is 6. The summed E-state index contributed by atoms with van der Waals surface area (Å²) in [5, 5.41) is 20.0. The zero-order chi connectivity index (χ0) is 26.3. The second kappa shape index (κ2) is 10.1. The Labute approximate surface area is 216 Å². The van der Waals surface area contributed by atoms with Crippen LogP contribution in [0.15, 0.2) is 59.7 Å². The summed E-state index contributed by atoms with van der Waals surface area (Å²) >= 11 is 0. The Kier molecular flexibility index (Phi) is 6.85. The van der Waals surface area contributed by atoms with Crippen molar-refractivity contribution >= 4 is 16.9 Å². The Balaban J connectivity index is 1.44. The molecule has 1 aliphatic rings. The molecular formula is C28H34N6O3. The largest absolute Gasteiger partial charge is 0.392 e.